The van der Waals surface area contributed by atoms with Crippen LogP contribution in [-0.4, -0.2) is 0 Å². The van der Waals surface area contributed by atoms with Crippen LogP contribution in [0.4, 0.5) is 0 Å². The Bertz CT molecular complexity index is 932. The fraction of sp³-hybridized carbons (Fsp3) is 0.333. The van der Waals surface area contributed by atoms with Gasteiger partial charge in [0, 0.05) is 0 Å². The average molecular weight is 313 g/mol. The van der Waals surface area contributed by atoms with E-state index in [4.69, 9.17) is 0 Å². The highest BCUT2D eigenvalue weighted by Gasteiger charge is 2.10. The topological polar surface area (TPSA) is 0 Å². The predicted octanol–water partition coefficient (Wildman–Crippen LogP) is 7.29. The van der Waals surface area contributed by atoms with Crippen LogP contribution >= 0.6 is 0 Å². The first-order chi connectivity index (χ1) is 11.9. The third-order valence-corrected chi connectivity index (χ3v) is 5.32. The molecule has 4 aromatic carbocycles. The smallest absolute Gasteiger partial charge is 0.00178 e. The van der Waals surface area contributed by atoms with Gasteiger partial charge in [-0.2, -0.15) is 0 Å². The number of hydrogen-bond donors (Lipinski definition) is 0. The molecule has 0 aliphatic rings. The monoisotopic (exact) mass is 313 g/mol. The van der Waals surface area contributed by atoms with Crippen molar-refractivity contribution in [1.29, 1.82) is 0 Å². The Morgan fingerprint density at radius 1 is 0.750 bits per heavy atom. The Hall–Kier alpha value is -2.08. The van der Waals surface area contributed by atoms with Gasteiger partial charge >= 0.3 is 0 Å². The Labute approximate surface area is 144 Å². The Kier molecular flexibility index (Phi) is 4.38. The van der Waals surface area contributed by atoms with Crippen LogP contribution in [-0.2, 0) is 6.42 Å². The fourth-order valence-corrected chi connectivity index (χ4v) is 4.02. The molecule has 121 valence electrons. The van der Waals surface area contributed by atoms with Crippen LogP contribution in [0.2, 0.25) is 0 Å². The van der Waals surface area contributed by atoms with Crippen LogP contribution in [0.3, 0.4) is 0 Å². The zero-order valence-corrected chi connectivity index (χ0v) is 14.6. The van der Waals surface area contributed by atoms with Crippen molar-refractivity contribution in [2.24, 2.45) is 0 Å². The summed E-state index contributed by atoms with van der Waals surface area (Å²) in [4.78, 5) is 0. The molecule has 0 saturated heterocycles. The van der Waals surface area contributed by atoms with Crippen molar-refractivity contribution in [2.75, 3.05) is 0 Å². The second-order valence-electron chi connectivity index (χ2n) is 7.01. The van der Waals surface area contributed by atoms with Crippen molar-refractivity contribution in [2.45, 2.75) is 51.9 Å². The number of aryl methyl sites for hydroxylation is 1. The SMILES string of the molecule is CCCCCCCCc1c[c]c2ccc3cccc4ccc1c2c34. The minimum atomic E-state index is 1.18. The van der Waals surface area contributed by atoms with Gasteiger partial charge in [0.05, 0.1) is 0 Å². The summed E-state index contributed by atoms with van der Waals surface area (Å²) in [7, 11) is 0. The predicted molar refractivity (Wildman–Crippen MR) is 106 cm³/mol. The second-order valence-corrected chi connectivity index (χ2v) is 7.01. The molecule has 0 amide bonds. The van der Waals surface area contributed by atoms with E-state index in [2.05, 4.69) is 61.5 Å². The molecule has 0 heteroatoms. The molecule has 0 spiro atoms. The average Bonchev–Trinajstić information content (AvgIpc) is 2.63. The van der Waals surface area contributed by atoms with Gasteiger partial charge in [-0.05, 0) is 62.9 Å². The quantitative estimate of drug-likeness (QED) is 0.248. The maximum atomic E-state index is 3.54. The second kappa shape index (κ2) is 6.81. The van der Waals surface area contributed by atoms with Gasteiger partial charge < -0.3 is 0 Å². The maximum Gasteiger partial charge on any atom is -0.00178 e. The lowest BCUT2D eigenvalue weighted by molar-refractivity contribution is 0.608. The summed E-state index contributed by atoms with van der Waals surface area (Å²) in [6.07, 6.45) is 9.29. The van der Waals surface area contributed by atoms with Gasteiger partial charge in [-0.15, -0.1) is 0 Å². The van der Waals surface area contributed by atoms with Gasteiger partial charge in [0.15, 0.2) is 0 Å². The third kappa shape index (κ3) is 2.75. The van der Waals surface area contributed by atoms with E-state index in [9.17, 15) is 0 Å². The van der Waals surface area contributed by atoms with Gasteiger partial charge in [0.2, 0.25) is 0 Å². The number of rotatable bonds is 7. The summed E-state index contributed by atoms with van der Waals surface area (Å²) >= 11 is 0. The molecule has 0 aliphatic carbocycles. The lowest BCUT2D eigenvalue weighted by Crippen LogP contribution is -1.91. The normalized spacial score (nSPS) is 11.9. The molecule has 4 aromatic rings. The van der Waals surface area contributed by atoms with Crippen molar-refractivity contribution in [1.82, 2.24) is 0 Å². The highest BCUT2D eigenvalue weighted by atomic mass is 14.1. The van der Waals surface area contributed by atoms with Crippen molar-refractivity contribution >= 4 is 32.3 Å². The molecular formula is C24H25. The van der Waals surface area contributed by atoms with Crippen LogP contribution in [0.25, 0.3) is 32.3 Å². The largest absolute Gasteiger partial charge is 0.0654 e. The van der Waals surface area contributed by atoms with Crippen LogP contribution in [0.1, 0.15) is 51.0 Å². The Morgan fingerprint density at radius 3 is 2.33 bits per heavy atom. The maximum absolute atomic E-state index is 3.54. The molecule has 0 bridgehead atoms. The molecule has 0 atom stereocenters. The molecule has 0 fully saturated rings. The third-order valence-electron chi connectivity index (χ3n) is 5.32. The van der Waals surface area contributed by atoms with E-state index in [1.54, 1.807) is 0 Å². The van der Waals surface area contributed by atoms with E-state index in [-0.39, 0.29) is 0 Å². The summed E-state index contributed by atoms with van der Waals surface area (Å²) in [5.74, 6) is 0. The summed E-state index contributed by atoms with van der Waals surface area (Å²) < 4.78 is 0. The van der Waals surface area contributed by atoms with E-state index < -0.39 is 0 Å². The van der Waals surface area contributed by atoms with E-state index in [1.807, 2.05) is 0 Å². The van der Waals surface area contributed by atoms with Crippen LogP contribution < -0.4 is 0 Å². The molecule has 4 rings (SSSR count). The molecule has 24 heavy (non-hydrogen) atoms. The number of unbranched alkanes of at least 4 members (excludes halogenated alkanes) is 5. The molecule has 0 aromatic heterocycles. The summed E-state index contributed by atoms with van der Waals surface area (Å²) in [6, 6.07) is 21.4. The van der Waals surface area contributed by atoms with Gasteiger partial charge in [0.25, 0.3) is 0 Å². The zero-order valence-electron chi connectivity index (χ0n) is 14.6. The number of benzene rings is 4. The van der Waals surface area contributed by atoms with E-state index in [0.717, 1.165) is 0 Å². The van der Waals surface area contributed by atoms with E-state index in [1.165, 1.54) is 82.8 Å². The summed E-state index contributed by atoms with van der Waals surface area (Å²) in [6.45, 7) is 2.28. The van der Waals surface area contributed by atoms with Gasteiger partial charge in [-0.25, -0.2) is 0 Å². The van der Waals surface area contributed by atoms with Crippen molar-refractivity contribution in [3.63, 3.8) is 0 Å². The lowest BCUT2D eigenvalue weighted by atomic mass is 9.90. The first-order valence-corrected chi connectivity index (χ1v) is 9.45. The molecule has 0 aliphatic heterocycles. The zero-order chi connectivity index (χ0) is 16.4. The van der Waals surface area contributed by atoms with Crippen molar-refractivity contribution < 1.29 is 0 Å². The molecule has 0 nitrogen and oxygen atoms in total. The van der Waals surface area contributed by atoms with Crippen LogP contribution in [0.15, 0.2) is 48.5 Å². The summed E-state index contributed by atoms with van der Waals surface area (Å²) in [5.41, 5.74) is 1.47. The highest BCUT2D eigenvalue weighted by molar-refractivity contribution is 6.23. The minimum Gasteiger partial charge on any atom is -0.0654 e. The molecule has 0 unspecified atom stereocenters. The van der Waals surface area contributed by atoms with Gasteiger partial charge in [-0.3, -0.25) is 0 Å². The van der Waals surface area contributed by atoms with Crippen molar-refractivity contribution in [3.05, 3.63) is 60.2 Å². The molecular weight excluding hydrogens is 288 g/mol. The van der Waals surface area contributed by atoms with Crippen LogP contribution in [0.5, 0.6) is 0 Å². The highest BCUT2D eigenvalue weighted by Crippen LogP contribution is 2.36. The lowest BCUT2D eigenvalue weighted by Gasteiger charge is -2.13. The first kappa shape index (κ1) is 15.4. The minimum absolute atomic E-state index is 1.18. The standard InChI is InChI=1S/C24H25/c1-2-3-4-5-6-7-9-18-12-13-21-15-14-19-10-8-11-20-16-17-22(18)24(21)23(19)20/h8,10-12,14-17H,2-7,9H2,1H3. The molecule has 0 N–H and O–H groups in total. The molecule has 0 saturated carbocycles. The van der Waals surface area contributed by atoms with E-state index >= 15 is 0 Å². The Morgan fingerprint density at radius 2 is 1.50 bits per heavy atom. The molecule has 1 radical (unpaired) electrons. The number of hydrogen-bond acceptors (Lipinski definition) is 0. The first-order valence-electron chi connectivity index (χ1n) is 9.45. The van der Waals surface area contributed by atoms with E-state index in [0.29, 0.717) is 0 Å². The van der Waals surface area contributed by atoms with Crippen molar-refractivity contribution in [3.8, 4) is 0 Å². The fourth-order valence-electron chi connectivity index (χ4n) is 4.02. The van der Waals surface area contributed by atoms with Gasteiger partial charge in [-0.1, -0.05) is 81.5 Å². The summed E-state index contributed by atoms with van der Waals surface area (Å²) in [5, 5.41) is 8.19. The van der Waals surface area contributed by atoms with Crippen LogP contribution in [0, 0.1) is 6.07 Å². The Balaban J connectivity index is 1.67. The molecule has 0 heterocycles. The van der Waals surface area contributed by atoms with Gasteiger partial charge in [0.1, 0.15) is 0 Å².